The van der Waals surface area contributed by atoms with Crippen molar-refractivity contribution in [3.05, 3.63) is 105 Å². The van der Waals surface area contributed by atoms with Crippen LogP contribution in [0.1, 0.15) is 46.1 Å². The number of hydrogen-bond donors (Lipinski definition) is 1. The van der Waals surface area contributed by atoms with Crippen molar-refractivity contribution in [1.29, 1.82) is 0 Å². The number of fused-ring (bicyclic) bond motifs is 5. The van der Waals surface area contributed by atoms with E-state index in [0.29, 0.717) is 17.3 Å². The molecule has 0 unspecified atom stereocenters. The fourth-order valence-electron chi connectivity index (χ4n) is 5.14. The van der Waals surface area contributed by atoms with Gasteiger partial charge in [0.1, 0.15) is 10.8 Å². The van der Waals surface area contributed by atoms with E-state index in [1.807, 2.05) is 34.4 Å². The number of urea groups is 1. The molecule has 2 aliphatic rings. The smallest absolute Gasteiger partial charge is 0.310 e. The molecule has 1 aliphatic heterocycles. The lowest BCUT2D eigenvalue weighted by Crippen LogP contribution is -2.38. The zero-order valence-electron chi connectivity index (χ0n) is 18.4. The van der Waals surface area contributed by atoms with E-state index in [1.54, 1.807) is 24.3 Å². The minimum absolute atomic E-state index is 0.215. The number of halogens is 2. The van der Waals surface area contributed by atoms with Crippen LogP contribution in [0.25, 0.3) is 5.00 Å². The maximum Gasteiger partial charge on any atom is 0.322 e. The third-order valence-corrected chi connectivity index (χ3v) is 8.27. The largest absolute Gasteiger partial charge is 0.322 e. The molecule has 34 heavy (non-hydrogen) atoms. The summed E-state index contributed by atoms with van der Waals surface area (Å²) < 4.78 is 16.0. The highest BCUT2D eigenvalue weighted by Gasteiger charge is 2.36. The first-order chi connectivity index (χ1) is 16.6. The predicted molar refractivity (Wildman–Crippen MR) is 135 cm³/mol. The Balaban J connectivity index is 1.50. The molecule has 172 valence electrons. The number of hydrogen-bond acceptors (Lipinski definition) is 2. The Morgan fingerprint density at radius 2 is 1.85 bits per heavy atom. The van der Waals surface area contributed by atoms with Crippen LogP contribution in [0.5, 0.6) is 0 Å². The Labute approximate surface area is 206 Å². The fourth-order valence-corrected chi connectivity index (χ4v) is 6.74. The average molecular weight is 492 g/mol. The van der Waals surface area contributed by atoms with Crippen molar-refractivity contribution >= 4 is 34.7 Å². The molecule has 2 amide bonds. The van der Waals surface area contributed by atoms with E-state index < -0.39 is 0 Å². The molecule has 1 N–H and O–H groups in total. The van der Waals surface area contributed by atoms with Crippen LogP contribution in [0, 0.1) is 5.82 Å². The lowest BCUT2D eigenvalue weighted by atomic mass is 9.95. The maximum atomic E-state index is 13.8. The van der Waals surface area contributed by atoms with Crippen molar-refractivity contribution in [2.24, 2.45) is 0 Å². The second-order valence-electron chi connectivity index (χ2n) is 8.82. The second kappa shape index (κ2) is 8.60. The van der Waals surface area contributed by atoms with Gasteiger partial charge >= 0.3 is 6.03 Å². The van der Waals surface area contributed by atoms with Crippen molar-refractivity contribution in [2.75, 3.05) is 5.32 Å². The number of carbonyl (C=O) groups is 1. The minimum atomic E-state index is -0.367. The zero-order valence-corrected chi connectivity index (χ0v) is 20.0. The van der Waals surface area contributed by atoms with Gasteiger partial charge in [0.15, 0.2) is 0 Å². The third-order valence-electron chi connectivity index (χ3n) is 6.70. The second-order valence-corrected chi connectivity index (χ2v) is 10.3. The topological polar surface area (TPSA) is 37.3 Å². The number of aryl methyl sites for hydroxylation is 1. The van der Waals surface area contributed by atoms with Gasteiger partial charge in [-0.2, -0.15) is 0 Å². The molecule has 0 fully saturated rings. The predicted octanol–water partition coefficient (Wildman–Crippen LogP) is 7.35. The molecule has 0 saturated heterocycles. The Bertz CT molecular complexity index is 1380. The van der Waals surface area contributed by atoms with Gasteiger partial charge in [0, 0.05) is 27.3 Å². The van der Waals surface area contributed by atoms with Crippen LogP contribution in [-0.2, 0) is 19.4 Å². The van der Waals surface area contributed by atoms with Crippen LogP contribution in [0.4, 0.5) is 14.9 Å². The number of amides is 2. The van der Waals surface area contributed by atoms with Gasteiger partial charge in [-0.15, -0.1) is 11.3 Å². The number of anilines is 1. The first kappa shape index (κ1) is 21.4. The summed E-state index contributed by atoms with van der Waals surface area (Å²) in [5, 5.41) is 4.79. The molecule has 0 bridgehead atoms. The SMILES string of the molecule is O=C(Nc1cccc(Cl)c1)N1Cc2c(sc3c2CCCC3)-n2cccc2[C@@H]1c1ccc(F)cc1. The summed E-state index contributed by atoms with van der Waals surface area (Å²) in [4.78, 5) is 17.1. The Morgan fingerprint density at radius 1 is 1.03 bits per heavy atom. The number of rotatable bonds is 2. The Morgan fingerprint density at radius 3 is 2.68 bits per heavy atom. The van der Waals surface area contributed by atoms with Gasteiger partial charge in [0.05, 0.1) is 18.3 Å². The van der Waals surface area contributed by atoms with Gasteiger partial charge < -0.3 is 14.8 Å². The van der Waals surface area contributed by atoms with E-state index >= 15 is 0 Å². The first-order valence-electron chi connectivity index (χ1n) is 11.5. The lowest BCUT2D eigenvalue weighted by Gasteiger charge is -2.31. The maximum absolute atomic E-state index is 13.8. The lowest BCUT2D eigenvalue weighted by molar-refractivity contribution is 0.194. The summed E-state index contributed by atoms with van der Waals surface area (Å²) in [5.74, 6) is -0.295. The molecule has 3 heterocycles. The summed E-state index contributed by atoms with van der Waals surface area (Å²) in [6.07, 6.45) is 6.60. The zero-order chi connectivity index (χ0) is 23.2. The molecule has 1 aliphatic carbocycles. The van der Waals surface area contributed by atoms with Crippen molar-refractivity contribution in [3.8, 4) is 5.00 Å². The molecule has 0 saturated carbocycles. The molecule has 7 heteroatoms. The Kier molecular flexibility index (Phi) is 5.42. The van der Waals surface area contributed by atoms with E-state index in [2.05, 4.69) is 22.1 Å². The van der Waals surface area contributed by atoms with Gasteiger partial charge in [-0.25, -0.2) is 9.18 Å². The molecular weight excluding hydrogens is 469 g/mol. The van der Waals surface area contributed by atoms with Gasteiger partial charge in [-0.05, 0) is 79.3 Å². The quantitative estimate of drug-likeness (QED) is 0.313. The molecule has 2 aromatic carbocycles. The van der Waals surface area contributed by atoms with Crippen molar-refractivity contribution in [2.45, 2.75) is 38.3 Å². The van der Waals surface area contributed by atoms with Crippen LogP contribution < -0.4 is 5.32 Å². The van der Waals surface area contributed by atoms with E-state index in [4.69, 9.17) is 11.6 Å². The molecule has 0 radical (unpaired) electrons. The molecule has 2 aromatic heterocycles. The van der Waals surface area contributed by atoms with Gasteiger partial charge in [-0.3, -0.25) is 0 Å². The molecule has 4 nitrogen and oxygen atoms in total. The summed E-state index contributed by atoms with van der Waals surface area (Å²) in [6.45, 7) is 0.483. The van der Waals surface area contributed by atoms with E-state index in [-0.39, 0.29) is 17.9 Å². The van der Waals surface area contributed by atoms with Crippen LogP contribution >= 0.6 is 22.9 Å². The van der Waals surface area contributed by atoms with Gasteiger partial charge in [0.25, 0.3) is 0 Å². The normalized spacial score (nSPS) is 16.9. The number of nitrogens with one attached hydrogen (secondary N) is 1. The average Bonchev–Trinajstić information content (AvgIpc) is 3.42. The van der Waals surface area contributed by atoms with E-state index in [9.17, 15) is 9.18 Å². The molecule has 4 aromatic rings. The minimum Gasteiger partial charge on any atom is -0.310 e. The molecular formula is C27H23ClFN3OS. The number of benzene rings is 2. The van der Waals surface area contributed by atoms with Crippen LogP contribution in [-0.4, -0.2) is 15.5 Å². The molecule has 0 spiro atoms. The van der Waals surface area contributed by atoms with Crippen LogP contribution in [0.3, 0.4) is 0 Å². The van der Waals surface area contributed by atoms with Crippen molar-refractivity contribution in [1.82, 2.24) is 9.47 Å². The Hall–Kier alpha value is -3.09. The third kappa shape index (κ3) is 3.71. The highest BCUT2D eigenvalue weighted by atomic mass is 35.5. The standard InChI is InChI=1S/C27H23ClFN3OS/c28-18-5-3-6-20(15-18)30-27(33)32-16-22-21-7-1-2-9-24(21)34-26(22)31-14-4-8-23(31)25(32)17-10-12-19(29)13-11-17/h3-6,8,10-15,25H,1-2,7,9,16H2,(H,30,33)/t25-/m0/s1. The number of nitrogens with zero attached hydrogens (tertiary/aromatic N) is 2. The number of carbonyl (C=O) groups excluding carboxylic acids is 1. The summed E-state index contributed by atoms with van der Waals surface area (Å²) >= 11 is 8.01. The first-order valence-corrected chi connectivity index (χ1v) is 12.7. The van der Waals surface area contributed by atoms with Gasteiger partial charge in [0.2, 0.25) is 0 Å². The number of thiophene rings is 1. The summed E-state index contributed by atoms with van der Waals surface area (Å²) in [6, 6.07) is 17.1. The van der Waals surface area contributed by atoms with Crippen LogP contribution in [0.15, 0.2) is 66.9 Å². The molecule has 6 rings (SSSR count). The van der Waals surface area contributed by atoms with E-state index in [1.165, 1.54) is 46.0 Å². The van der Waals surface area contributed by atoms with E-state index in [0.717, 1.165) is 24.1 Å². The number of aromatic nitrogens is 1. The summed E-state index contributed by atoms with van der Waals surface area (Å²) in [5.41, 5.74) is 5.12. The molecule has 1 atom stereocenters. The summed E-state index contributed by atoms with van der Waals surface area (Å²) in [7, 11) is 0. The van der Waals surface area contributed by atoms with Crippen LogP contribution in [0.2, 0.25) is 5.02 Å². The highest BCUT2D eigenvalue weighted by molar-refractivity contribution is 7.15. The van der Waals surface area contributed by atoms with Gasteiger partial charge in [-0.1, -0.05) is 29.8 Å². The fraction of sp³-hybridized carbons (Fsp3) is 0.222. The van der Waals surface area contributed by atoms with Crippen molar-refractivity contribution in [3.63, 3.8) is 0 Å². The monoisotopic (exact) mass is 491 g/mol. The highest BCUT2D eigenvalue weighted by Crippen LogP contribution is 2.44. The van der Waals surface area contributed by atoms with Crippen molar-refractivity contribution < 1.29 is 9.18 Å².